The van der Waals surface area contributed by atoms with Gasteiger partial charge in [-0.25, -0.2) is 9.97 Å². The molecule has 1 aromatic rings. The van der Waals surface area contributed by atoms with Crippen LogP contribution in [0.4, 0.5) is 0 Å². The molecule has 1 aliphatic heterocycles. The van der Waals surface area contributed by atoms with Crippen LogP contribution >= 0.6 is 0 Å². The number of fused-ring (bicyclic) bond motifs is 1. The largest absolute Gasteiger partial charge is 0.373 e. The van der Waals surface area contributed by atoms with E-state index in [1.54, 1.807) is 7.11 Å². The Morgan fingerprint density at radius 2 is 2.00 bits per heavy atom. The smallest absolute Gasteiger partial charge is 0.157 e. The van der Waals surface area contributed by atoms with Crippen molar-refractivity contribution in [3.63, 3.8) is 0 Å². The van der Waals surface area contributed by atoms with E-state index in [4.69, 9.17) is 14.7 Å². The Kier molecular flexibility index (Phi) is 3.08. The Morgan fingerprint density at radius 3 is 2.61 bits per heavy atom. The van der Waals surface area contributed by atoms with Gasteiger partial charge in [0.2, 0.25) is 0 Å². The highest BCUT2D eigenvalue weighted by molar-refractivity contribution is 5.31. The van der Waals surface area contributed by atoms with Gasteiger partial charge in [0.05, 0.1) is 11.4 Å². The number of rotatable bonds is 4. The minimum Gasteiger partial charge on any atom is -0.373 e. The van der Waals surface area contributed by atoms with Gasteiger partial charge >= 0.3 is 0 Å². The predicted molar refractivity (Wildman–Crippen MR) is 69.1 cm³/mol. The second-order valence-electron chi connectivity index (χ2n) is 5.64. The first-order chi connectivity index (χ1) is 8.70. The zero-order valence-corrected chi connectivity index (χ0v) is 11.4. The van der Waals surface area contributed by atoms with Crippen molar-refractivity contribution in [3.8, 4) is 0 Å². The van der Waals surface area contributed by atoms with Crippen LogP contribution < -0.4 is 5.32 Å². The highest BCUT2D eigenvalue weighted by Gasteiger charge is 2.35. The van der Waals surface area contributed by atoms with Crippen molar-refractivity contribution in [3.05, 3.63) is 22.8 Å². The van der Waals surface area contributed by atoms with Gasteiger partial charge in [0, 0.05) is 25.8 Å². The molecule has 2 heterocycles. The van der Waals surface area contributed by atoms with Crippen LogP contribution in [0.3, 0.4) is 0 Å². The Balaban J connectivity index is 2.02. The molecule has 1 aromatic heterocycles. The Bertz CT molecular complexity index is 455. The maximum absolute atomic E-state index is 5.61. The number of hydrogen-bond acceptors (Lipinski definition) is 4. The molecule has 0 radical (unpaired) electrons. The zero-order valence-electron chi connectivity index (χ0n) is 11.4. The minimum absolute atomic E-state index is 0.0911. The van der Waals surface area contributed by atoms with Gasteiger partial charge in [-0.15, -0.1) is 0 Å². The minimum atomic E-state index is 0.0911. The van der Waals surface area contributed by atoms with Crippen molar-refractivity contribution in [2.24, 2.45) is 5.92 Å². The van der Waals surface area contributed by atoms with Crippen LogP contribution in [0, 0.1) is 5.92 Å². The predicted octanol–water partition coefficient (Wildman–Crippen LogP) is 2.30. The lowest BCUT2D eigenvalue weighted by Gasteiger charge is -2.17. The third-order valence-corrected chi connectivity index (χ3v) is 3.84. The second-order valence-corrected chi connectivity index (χ2v) is 5.64. The third kappa shape index (κ3) is 2.04. The number of ether oxygens (including phenoxy) is 1. The average molecular weight is 247 g/mol. The summed E-state index contributed by atoms with van der Waals surface area (Å²) < 4.78 is 5.61. The molecule has 0 bridgehead atoms. The molecular weight excluding hydrogens is 226 g/mol. The lowest BCUT2D eigenvalue weighted by molar-refractivity contribution is 0.0767. The van der Waals surface area contributed by atoms with Gasteiger partial charge in [-0.1, -0.05) is 13.8 Å². The van der Waals surface area contributed by atoms with E-state index >= 15 is 0 Å². The van der Waals surface area contributed by atoms with Gasteiger partial charge in [0.15, 0.2) is 5.82 Å². The molecule has 0 saturated heterocycles. The zero-order chi connectivity index (χ0) is 12.7. The van der Waals surface area contributed by atoms with Crippen LogP contribution in [0.2, 0.25) is 0 Å². The van der Waals surface area contributed by atoms with Crippen molar-refractivity contribution in [1.29, 1.82) is 0 Å². The first-order valence-corrected chi connectivity index (χ1v) is 6.83. The van der Waals surface area contributed by atoms with Crippen LogP contribution in [0.15, 0.2) is 0 Å². The molecule has 0 spiro atoms. The van der Waals surface area contributed by atoms with E-state index in [9.17, 15) is 0 Å². The van der Waals surface area contributed by atoms with Gasteiger partial charge in [-0.2, -0.15) is 0 Å². The summed E-state index contributed by atoms with van der Waals surface area (Å²) in [7, 11) is 1.77. The summed E-state index contributed by atoms with van der Waals surface area (Å²) in [6, 6.07) is 0. The van der Waals surface area contributed by atoms with Crippen LogP contribution in [0.1, 0.15) is 61.5 Å². The molecule has 1 fully saturated rings. The standard InChI is InChI=1S/C14H21N3O/c1-8(2)12-10-6-15-7-11(10)16-14(17-12)13(18-3)9-4-5-9/h8-9,13,15H,4-7H2,1-3H3. The van der Waals surface area contributed by atoms with Crippen LogP contribution in [0.25, 0.3) is 0 Å². The molecule has 0 aromatic carbocycles. The van der Waals surface area contributed by atoms with Crippen LogP contribution in [-0.4, -0.2) is 17.1 Å². The van der Waals surface area contributed by atoms with Crippen molar-refractivity contribution in [1.82, 2.24) is 15.3 Å². The van der Waals surface area contributed by atoms with E-state index in [1.165, 1.54) is 29.8 Å². The quantitative estimate of drug-likeness (QED) is 0.887. The average Bonchev–Trinajstić information content (AvgIpc) is 3.06. The lowest BCUT2D eigenvalue weighted by atomic mass is 10.0. The molecule has 4 heteroatoms. The highest BCUT2D eigenvalue weighted by atomic mass is 16.5. The summed E-state index contributed by atoms with van der Waals surface area (Å²) in [5, 5.41) is 3.37. The monoisotopic (exact) mass is 247 g/mol. The van der Waals surface area contributed by atoms with Crippen LogP contribution in [-0.2, 0) is 17.8 Å². The van der Waals surface area contributed by atoms with E-state index < -0.39 is 0 Å². The maximum Gasteiger partial charge on any atom is 0.157 e. The van der Waals surface area contributed by atoms with Crippen molar-refractivity contribution in [2.75, 3.05) is 7.11 Å². The van der Waals surface area contributed by atoms with Gasteiger partial charge < -0.3 is 10.1 Å². The summed E-state index contributed by atoms with van der Waals surface area (Å²) in [4.78, 5) is 9.53. The van der Waals surface area contributed by atoms with Gasteiger partial charge in [0.25, 0.3) is 0 Å². The first-order valence-electron chi connectivity index (χ1n) is 6.83. The SMILES string of the molecule is COC(c1nc2c(c(C(C)C)n1)CNC2)C1CC1. The maximum atomic E-state index is 5.61. The summed E-state index contributed by atoms with van der Waals surface area (Å²) in [6.45, 7) is 6.17. The van der Waals surface area contributed by atoms with Gasteiger partial charge in [-0.05, 0) is 24.7 Å². The first kappa shape index (κ1) is 12.1. The normalized spacial score (nSPS) is 20.2. The molecule has 1 atom stereocenters. The summed E-state index contributed by atoms with van der Waals surface area (Å²) >= 11 is 0. The highest BCUT2D eigenvalue weighted by Crippen LogP contribution is 2.42. The molecular formula is C14H21N3O. The number of methoxy groups -OCH3 is 1. The fraction of sp³-hybridized carbons (Fsp3) is 0.714. The number of aromatic nitrogens is 2. The molecule has 2 aliphatic rings. The van der Waals surface area contributed by atoms with E-state index in [1.807, 2.05) is 0 Å². The van der Waals surface area contributed by atoms with E-state index in [0.717, 1.165) is 18.9 Å². The molecule has 1 N–H and O–H groups in total. The number of nitrogens with zero attached hydrogens (tertiary/aromatic N) is 2. The number of nitrogens with one attached hydrogen (secondary N) is 1. The van der Waals surface area contributed by atoms with Crippen molar-refractivity contribution in [2.45, 2.75) is 51.8 Å². The van der Waals surface area contributed by atoms with Crippen LogP contribution in [0.5, 0.6) is 0 Å². The Labute approximate surface area is 108 Å². The Morgan fingerprint density at radius 1 is 1.22 bits per heavy atom. The summed E-state index contributed by atoms with van der Waals surface area (Å²) in [5.74, 6) is 1.96. The molecule has 0 amide bonds. The molecule has 1 aliphatic carbocycles. The number of hydrogen-bond donors (Lipinski definition) is 1. The van der Waals surface area contributed by atoms with E-state index in [-0.39, 0.29) is 6.10 Å². The summed E-state index contributed by atoms with van der Waals surface area (Å²) in [5.41, 5.74) is 3.67. The van der Waals surface area contributed by atoms with Gasteiger partial charge in [-0.3, -0.25) is 0 Å². The fourth-order valence-electron chi connectivity index (χ4n) is 2.73. The molecule has 1 saturated carbocycles. The van der Waals surface area contributed by atoms with E-state index in [2.05, 4.69) is 19.2 Å². The van der Waals surface area contributed by atoms with Gasteiger partial charge in [0.1, 0.15) is 6.10 Å². The molecule has 4 nitrogen and oxygen atoms in total. The molecule has 98 valence electrons. The summed E-state index contributed by atoms with van der Waals surface area (Å²) in [6.07, 6.45) is 2.58. The third-order valence-electron chi connectivity index (χ3n) is 3.84. The topological polar surface area (TPSA) is 47.0 Å². The fourth-order valence-corrected chi connectivity index (χ4v) is 2.73. The molecule has 3 rings (SSSR count). The molecule has 18 heavy (non-hydrogen) atoms. The Hall–Kier alpha value is -1.00. The molecule has 1 unspecified atom stereocenters. The van der Waals surface area contributed by atoms with E-state index in [0.29, 0.717) is 11.8 Å². The van der Waals surface area contributed by atoms with Crippen molar-refractivity contribution >= 4 is 0 Å². The second kappa shape index (κ2) is 4.59. The van der Waals surface area contributed by atoms with Crippen molar-refractivity contribution < 1.29 is 4.74 Å². The lowest BCUT2D eigenvalue weighted by Crippen LogP contribution is -2.14.